The van der Waals surface area contributed by atoms with E-state index in [0.717, 1.165) is 25.7 Å². The van der Waals surface area contributed by atoms with Crippen molar-refractivity contribution in [3.05, 3.63) is 29.8 Å². The molecule has 0 aromatic heterocycles. The maximum Gasteiger partial charge on any atom is 0.241 e. The highest BCUT2D eigenvalue weighted by Gasteiger charge is 2.39. The third-order valence-electron chi connectivity index (χ3n) is 3.73. The smallest absolute Gasteiger partial charge is 0.241 e. The van der Waals surface area contributed by atoms with Crippen LogP contribution >= 0.6 is 0 Å². The van der Waals surface area contributed by atoms with E-state index in [1.807, 2.05) is 6.92 Å². The minimum absolute atomic E-state index is 0.151. The highest BCUT2D eigenvalue weighted by molar-refractivity contribution is 7.89. The zero-order valence-corrected chi connectivity index (χ0v) is 11.3. The van der Waals surface area contributed by atoms with Crippen LogP contribution in [0.3, 0.4) is 0 Å². The number of nitrogens with one attached hydrogen (secondary N) is 1. The van der Waals surface area contributed by atoms with Crippen LogP contribution in [-0.2, 0) is 16.6 Å². The molecule has 0 saturated heterocycles. The number of benzene rings is 1. The molecule has 1 saturated carbocycles. The van der Waals surface area contributed by atoms with Crippen LogP contribution in [0.4, 0.5) is 0 Å². The van der Waals surface area contributed by atoms with Crippen LogP contribution in [0.2, 0.25) is 0 Å². The average molecular weight is 269 g/mol. The van der Waals surface area contributed by atoms with Crippen molar-refractivity contribution in [2.24, 2.45) is 0 Å². The van der Waals surface area contributed by atoms with E-state index in [2.05, 4.69) is 4.72 Å². The van der Waals surface area contributed by atoms with Gasteiger partial charge in [0.05, 0.1) is 11.5 Å². The molecule has 0 bridgehead atoms. The molecule has 0 atom stereocenters. The SMILES string of the molecule is CCC1(NS(=O)(=O)c2cccc(CO)c2)CCC1. The van der Waals surface area contributed by atoms with Crippen molar-refractivity contribution < 1.29 is 13.5 Å². The first-order chi connectivity index (χ1) is 8.51. The summed E-state index contributed by atoms with van der Waals surface area (Å²) in [6, 6.07) is 6.44. The molecule has 0 aliphatic heterocycles. The number of hydrogen-bond donors (Lipinski definition) is 2. The first-order valence-corrected chi connectivity index (χ1v) is 7.73. The zero-order valence-electron chi connectivity index (χ0n) is 10.5. The van der Waals surface area contributed by atoms with Gasteiger partial charge in [0.1, 0.15) is 0 Å². The van der Waals surface area contributed by atoms with Crippen molar-refractivity contribution >= 4 is 10.0 Å². The second-order valence-corrected chi connectivity index (χ2v) is 6.58. The van der Waals surface area contributed by atoms with Gasteiger partial charge >= 0.3 is 0 Å². The van der Waals surface area contributed by atoms with E-state index >= 15 is 0 Å². The van der Waals surface area contributed by atoms with E-state index in [-0.39, 0.29) is 17.0 Å². The van der Waals surface area contributed by atoms with Gasteiger partial charge < -0.3 is 5.11 Å². The first-order valence-electron chi connectivity index (χ1n) is 6.25. The van der Waals surface area contributed by atoms with Gasteiger partial charge in [-0.3, -0.25) is 0 Å². The van der Waals surface area contributed by atoms with Gasteiger partial charge in [0.25, 0.3) is 0 Å². The van der Waals surface area contributed by atoms with E-state index in [9.17, 15) is 8.42 Å². The summed E-state index contributed by atoms with van der Waals surface area (Å²) >= 11 is 0. The third kappa shape index (κ3) is 2.58. The molecule has 0 spiro atoms. The summed E-state index contributed by atoms with van der Waals surface area (Å²) < 4.78 is 27.4. The molecule has 2 rings (SSSR count). The summed E-state index contributed by atoms with van der Waals surface area (Å²) in [7, 11) is -3.48. The molecule has 1 aliphatic rings. The lowest BCUT2D eigenvalue weighted by Crippen LogP contribution is -2.52. The molecular weight excluding hydrogens is 250 g/mol. The molecule has 18 heavy (non-hydrogen) atoms. The van der Waals surface area contributed by atoms with Gasteiger partial charge in [-0.15, -0.1) is 0 Å². The van der Waals surface area contributed by atoms with E-state index < -0.39 is 10.0 Å². The molecular formula is C13H19NO3S. The number of sulfonamides is 1. The number of aliphatic hydroxyl groups is 1. The molecule has 2 N–H and O–H groups in total. The molecule has 0 unspecified atom stereocenters. The molecule has 1 fully saturated rings. The summed E-state index contributed by atoms with van der Waals surface area (Å²) in [4.78, 5) is 0.230. The Morgan fingerprint density at radius 1 is 1.39 bits per heavy atom. The molecule has 100 valence electrons. The second-order valence-electron chi connectivity index (χ2n) is 4.90. The Hall–Kier alpha value is -0.910. The summed E-state index contributed by atoms with van der Waals surface area (Å²) in [5, 5.41) is 9.05. The summed E-state index contributed by atoms with van der Waals surface area (Å²) in [5.74, 6) is 0. The number of rotatable bonds is 5. The monoisotopic (exact) mass is 269 g/mol. The van der Waals surface area contributed by atoms with Gasteiger partial charge in [0.15, 0.2) is 0 Å². The van der Waals surface area contributed by atoms with Gasteiger partial charge in [0, 0.05) is 5.54 Å². The largest absolute Gasteiger partial charge is 0.392 e. The van der Waals surface area contributed by atoms with E-state index in [0.29, 0.717) is 5.56 Å². The van der Waals surface area contributed by atoms with Crippen molar-refractivity contribution in [1.29, 1.82) is 0 Å². The van der Waals surface area contributed by atoms with E-state index in [1.54, 1.807) is 18.2 Å². The van der Waals surface area contributed by atoms with Crippen molar-refractivity contribution in [2.45, 2.75) is 49.6 Å². The van der Waals surface area contributed by atoms with Crippen molar-refractivity contribution in [3.63, 3.8) is 0 Å². The molecule has 1 aliphatic carbocycles. The third-order valence-corrected chi connectivity index (χ3v) is 5.31. The topological polar surface area (TPSA) is 66.4 Å². The van der Waals surface area contributed by atoms with Crippen LogP contribution in [0, 0.1) is 0 Å². The van der Waals surface area contributed by atoms with Gasteiger partial charge in [0.2, 0.25) is 10.0 Å². The maximum atomic E-state index is 12.3. The minimum atomic E-state index is -3.48. The van der Waals surface area contributed by atoms with Crippen molar-refractivity contribution in [3.8, 4) is 0 Å². The fraction of sp³-hybridized carbons (Fsp3) is 0.538. The lowest BCUT2D eigenvalue weighted by atomic mass is 9.76. The fourth-order valence-electron chi connectivity index (χ4n) is 2.29. The van der Waals surface area contributed by atoms with Gasteiger partial charge in [-0.2, -0.15) is 0 Å². The molecule has 1 aromatic rings. The highest BCUT2D eigenvalue weighted by Crippen LogP contribution is 2.36. The molecule has 4 nitrogen and oxygen atoms in total. The standard InChI is InChI=1S/C13H19NO3S/c1-2-13(7-4-8-13)14-18(16,17)12-6-3-5-11(9-12)10-15/h3,5-6,9,14-15H,2,4,7-8,10H2,1H3. The van der Waals surface area contributed by atoms with Crippen LogP contribution in [0.5, 0.6) is 0 Å². The van der Waals surface area contributed by atoms with Crippen LogP contribution in [-0.4, -0.2) is 19.1 Å². The van der Waals surface area contributed by atoms with E-state index in [4.69, 9.17) is 5.11 Å². The highest BCUT2D eigenvalue weighted by atomic mass is 32.2. The quantitative estimate of drug-likeness (QED) is 0.856. The average Bonchev–Trinajstić information content (AvgIpc) is 2.34. The number of hydrogen-bond acceptors (Lipinski definition) is 3. The van der Waals surface area contributed by atoms with Gasteiger partial charge in [-0.05, 0) is 43.4 Å². The normalized spacial score (nSPS) is 18.3. The Bertz CT molecular complexity index is 515. The molecule has 5 heteroatoms. The first kappa shape index (κ1) is 13.5. The second kappa shape index (κ2) is 4.99. The fourth-order valence-corrected chi connectivity index (χ4v) is 3.89. The van der Waals surface area contributed by atoms with Crippen LogP contribution in [0.15, 0.2) is 29.2 Å². The summed E-state index contributed by atoms with van der Waals surface area (Å²) in [5.41, 5.74) is 0.352. The summed E-state index contributed by atoms with van der Waals surface area (Å²) in [6.07, 6.45) is 3.70. The molecule has 0 radical (unpaired) electrons. The zero-order chi connectivity index (χ0) is 13.2. The number of aliphatic hydroxyl groups excluding tert-OH is 1. The van der Waals surface area contributed by atoms with Crippen molar-refractivity contribution in [1.82, 2.24) is 4.72 Å². The van der Waals surface area contributed by atoms with Crippen LogP contribution in [0.25, 0.3) is 0 Å². The molecule has 0 heterocycles. The van der Waals surface area contributed by atoms with Crippen LogP contribution < -0.4 is 4.72 Å². The Balaban J connectivity index is 2.24. The Labute approximate surface area is 108 Å². The maximum absolute atomic E-state index is 12.3. The Morgan fingerprint density at radius 3 is 2.61 bits per heavy atom. The van der Waals surface area contributed by atoms with E-state index in [1.165, 1.54) is 6.07 Å². The molecule has 1 aromatic carbocycles. The van der Waals surface area contributed by atoms with Gasteiger partial charge in [-0.1, -0.05) is 19.1 Å². The predicted molar refractivity (Wildman–Crippen MR) is 69.6 cm³/mol. The lowest BCUT2D eigenvalue weighted by Gasteiger charge is -2.41. The predicted octanol–water partition coefficient (Wildman–Crippen LogP) is 1.79. The van der Waals surface area contributed by atoms with Gasteiger partial charge in [-0.25, -0.2) is 13.1 Å². The van der Waals surface area contributed by atoms with Crippen molar-refractivity contribution in [2.75, 3.05) is 0 Å². The molecule has 0 amide bonds. The Morgan fingerprint density at radius 2 is 2.11 bits per heavy atom. The minimum Gasteiger partial charge on any atom is -0.392 e. The Kier molecular flexibility index (Phi) is 3.75. The lowest BCUT2D eigenvalue weighted by molar-refractivity contribution is 0.214. The summed E-state index contributed by atoms with van der Waals surface area (Å²) in [6.45, 7) is 1.86. The van der Waals surface area contributed by atoms with Crippen LogP contribution in [0.1, 0.15) is 38.2 Å².